The molecule has 0 amide bonds. The molecular formula is C10H21NO. The monoisotopic (exact) mass is 171 g/mol. The molecule has 0 aromatic carbocycles. The zero-order chi connectivity index (χ0) is 8.97. The van der Waals surface area contributed by atoms with Gasteiger partial charge in [0.1, 0.15) is 0 Å². The summed E-state index contributed by atoms with van der Waals surface area (Å²) in [6.45, 7) is 1.79. The molecular weight excluding hydrogens is 150 g/mol. The number of hydrogen-bond acceptors (Lipinski definition) is 2. The normalized spacial score (nSPS) is 25.2. The summed E-state index contributed by atoms with van der Waals surface area (Å²) in [6, 6.07) is -0.00639. The Hall–Kier alpha value is -0.0800. The van der Waals surface area contributed by atoms with Crippen LogP contribution in [0.1, 0.15) is 45.4 Å². The second kappa shape index (κ2) is 4.83. The fourth-order valence-corrected chi connectivity index (χ4v) is 2.00. The lowest BCUT2D eigenvalue weighted by molar-refractivity contribution is 0.143. The number of hydrogen-bond donors (Lipinski definition) is 2. The van der Waals surface area contributed by atoms with Crippen molar-refractivity contribution in [3.63, 3.8) is 0 Å². The van der Waals surface area contributed by atoms with Crippen LogP contribution in [0.25, 0.3) is 0 Å². The molecule has 0 spiro atoms. The van der Waals surface area contributed by atoms with E-state index in [0.29, 0.717) is 0 Å². The highest BCUT2D eigenvalue weighted by Crippen LogP contribution is 2.27. The topological polar surface area (TPSA) is 46.2 Å². The third-order valence-electron chi connectivity index (χ3n) is 2.95. The van der Waals surface area contributed by atoms with Crippen molar-refractivity contribution in [2.45, 2.75) is 57.6 Å². The Morgan fingerprint density at radius 1 is 1.33 bits per heavy atom. The molecule has 2 nitrogen and oxygen atoms in total. The summed E-state index contributed by atoms with van der Waals surface area (Å²) < 4.78 is 0. The largest absolute Gasteiger partial charge is 0.392 e. The van der Waals surface area contributed by atoms with Crippen LogP contribution in [0, 0.1) is 5.92 Å². The SMILES string of the molecule is CC(O)[C@H](N)CC1CCCCC1. The van der Waals surface area contributed by atoms with Gasteiger partial charge in [-0.15, -0.1) is 0 Å². The number of rotatable bonds is 3. The molecule has 1 saturated carbocycles. The molecule has 0 aliphatic heterocycles. The van der Waals surface area contributed by atoms with Gasteiger partial charge in [0.2, 0.25) is 0 Å². The van der Waals surface area contributed by atoms with Gasteiger partial charge in [-0.2, -0.15) is 0 Å². The Kier molecular flexibility index (Phi) is 4.02. The van der Waals surface area contributed by atoms with Gasteiger partial charge in [-0.25, -0.2) is 0 Å². The summed E-state index contributed by atoms with van der Waals surface area (Å²) in [5.41, 5.74) is 5.80. The maximum Gasteiger partial charge on any atom is 0.0663 e. The number of aliphatic hydroxyl groups excluding tert-OH is 1. The van der Waals surface area contributed by atoms with E-state index in [1.807, 2.05) is 0 Å². The van der Waals surface area contributed by atoms with Crippen molar-refractivity contribution >= 4 is 0 Å². The van der Waals surface area contributed by atoms with Gasteiger partial charge < -0.3 is 10.8 Å². The van der Waals surface area contributed by atoms with Gasteiger partial charge in [-0.05, 0) is 19.3 Å². The van der Waals surface area contributed by atoms with E-state index in [1.54, 1.807) is 6.92 Å². The summed E-state index contributed by atoms with van der Waals surface area (Å²) in [4.78, 5) is 0. The van der Waals surface area contributed by atoms with Crippen molar-refractivity contribution in [1.82, 2.24) is 0 Å². The first-order valence-electron chi connectivity index (χ1n) is 5.14. The van der Waals surface area contributed by atoms with Crippen LogP contribution in [-0.4, -0.2) is 17.3 Å². The van der Waals surface area contributed by atoms with Gasteiger partial charge in [-0.3, -0.25) is 0 Å². The van der Waals surface area contributed by atoms with Gasteiger partial charge >= 0.3 is 0 Å². The molecule has 1 rings (SSSR count). The fraction of sp³-hybridized carbons (Fsp3) is 1.00. The van der Waals surface area contributed by atoms with Crippen LogP contribution in [0.5, 0.6) is 0 Å². The highest BCUT2D eigenvalue weighted by molar-refractivity contribution is 4.75. The van der Waals surface area contributed by atoms with Crippen LogP contribution in [0.4, 0.5) is 0 Å². The van der Waals surface area contributed by atoms with Crippen molar-refractivity contribution in [2.24, 2.45) is 11.7 Å². The quantitative estimate of drug-likeness (QED) is 0.678. The standard InChI is InChI=1S/C10H21NO/c1-8(12)10(11)7-9-5-3-2-4-6-9/h8-10,12H,2-7,11H2,1H3/t8?,10-/m1/s1. The Labute approximate surface area is 75.2 Å². The number of aliphatic hydroxyl groups is 1. The molecule has 2 heteroatoms. The van der Waals surface area contributed by atoms with E-state index in [9.17, 15) is 5.11 Å². The molecule has 1 fully saturated rings. The molecule has 0 aromatic rings. The summed E-state index contributed by atoms with van der Waals surface area (Å²) in [5, 5.41) is 9.23. The summed E-state index contributed by atoms with van der Waals surface area (Å²) in [5.74, 6) is 0.781. The lowest BCUT2D eigenvalue weighted by Gasteiger charge is -2.25. The Morgan fingerprint density at radius 3 is 2.42 bits per heavy atom. The van der Waals surface area contributed by atoms with Crippen LogP contribution in [0.15, 0.2) is 0 Å². The Bertz CT molecular complexity index is 119. The molecule has 1 aliphatic rings. The van der Waals surface area contributed by atoms with Crippen LogP contribution in [0.3, 0.4) is 0 Å². The molecule has 72 valence electrons. The third-order valence-corrected chi connectivity index (χ3v) is 2.95. The molecule has 1 unspecified atom stereocenters. The van der Waals surface area contributed by atoms with Crippen molar-refractivity contribution < 1.29 is 5.11 Å². The van der Waals surface area contributed by atoms with E-state index in [-0.39, 0.29) is 12.1 Å². The smallest absolute Gasteiger partial charge is 0.0663 e. The first-order chi connectivity index (χ1) is 5.70. The van der Waals surface area contributed by atoms with E-state index in [0.717, 1.165) is 12.3 Å². The van der Waals surface area contributed by atoms with Crippen molar-refractivity contribution in [2.75, 3.05) is 0 Å². The molecule has 12 heavy (non-hydrogen) atoms. The summed E-state index contributed by atoms with van der Waals surface area (Å²) in [7, 11) is 0. The predicted molar refractivity (Wildman–Crippen MR) is 50.8 cm³/mol. The van der Waals surface area contributed by atoms with Crippen molar-refractivity contribution in [1.29, 1.82) is 0 Å². The molecule has 2 atom stereocenters. The summed E-state index contributed by atoms with van der Waals surface area (Å²) in [6.07, 6.45) is 7.42. The van der Waals surface area contributed by atoms with Gasteiger partial charge in [0.25, 0.3) is 0 Å². The van der Waals surface area contributed by atoms with Crippen LogP contribution in [0.2, 0.25) is 0 Å². The van der Waals surface area contributed by atoms with Crippen molar-refractivity contribution in [3.8, 4) is 0 Å². The molecule has 0 heterocycles. The number of nitrogens with two attached hydrogens (primary N) is 1. The minimum Gasteiger partial charge on any atom is -0.392 e. The zero-order valence-corrected chi connectivity index (χ0v) is 8.00. The molecule has 0 aromatic heterocycles. The van der Waals surface area contributed by atoms with Gasteiger partial charge in [0.15, 0.2) is 0 Å². The Morgan fingerprint density at radius 2 is 1.92 bits per heavy atom. The second-order valence-electron chi connectivity index (χ2n) is 4.14. The second-order valence-corrected chi connectivity index (χ2v) is 4.14. The first kappa shape index (κ1) is 10.0. The van der Waals surface area contributed by atoms with E-state index in [2.05, 4.69) is 0 Å². The predicted octanol–water partition coefficient (Wildman–Crippen LogP) is 1.66. The van der Waals surface area contributed by atoms with E-state index < -0.39 is 0 Å². The van der Waals surface area contributed by atoms with Crippen LogP contribution >= 0.6 is 0 Å². The van der Waals surface area contributed by atoms with Crippen LogP contribution in [-0.2, 0) is 0 Å². The van der Waals surface area contributed by atoms with Crippen LogP contribution < -0.4 is 5.73 Å². The zero-order valence-electron chi connectivity index (χ0n) is 8.00. The van der Waals surface area contributed by atoms with E-state index >= 15 is 0 Å². The average molecular weight is 171 g/mol. The molecule has 0 bridgehead atoms. The van der Waals surface area contributed by atoms with Gasteiger partial charge in [0, 0.05) is 6.04 Å². The molecule has 0 saturated heterocycles. The minimum atomic E-state index is -0.341. The minimum absolute atomic E-state index is 0.00639. The van der Waals surface area contributed by atoms with Gasteiger partial charge in [0.05, 0.1) is 6.10 Å². The lowest BCUT2D eigenvalue weighted by atomic mass is 9.84. The summed E-state index contributed by atoms with van der Waals surface area (Å²) >= 11 is 0. The van der Waals surface area contributed by atoms with Crippen molar-refractivity contribution in [3.05, 3.63) is 0 Å². The maximum atomic E-state index is 9.23. The molecule has 1 aliphatic carbocycles. The van der Waals surface area contributed by atoms with E-state index in [1.165, 1.54) is 32.1 Å². The maximum absolute atomic E-state index is 9.23. The molecule has 0 radical (unpaired) electrons. The average Bonchev–Trinajstić information content (AvgIpc) is 2.06. The lowest BCUT2D eigenvalue weighted by Crippen LogP contribution is -2.34. The highest BCUT2D eigenvalue weighted by atomic mass is 16.3. The van der Waals surface area contributed by atoms with E-state index in [4.69, 9.17) is 5.73 Å². The molecule has 3 N–H and O–H groups in total. The Balaban J connectivity index is 2.20. The van der Waals surface area contributed by atoms with Gasteiger partial charge in [-0.1, -0.05) is 32.1 Å². The third kappa shape index (κ3) is 3.11. The first-order valence-corrected chi connectivity index (χ1v) is 5.14. The fourth-order valence-electron chi connectivity index (χ4n) is 2.00. The highest BCUT2D eigenvalue weighted by Gasteiger charge is 2.18.